The van der Waals surface area contributed by atoms with Gasteiger partial charge in [-0.05, 0) is 35.4 Å². The molecule has 5 heteroatoms. The summed E-state index contributed by atoms with van der Waals surface area (Å²) in [4.78, 5) is 16.9. The normalized spacial score (nSPS) is 11.6. The summed E-state index contributed by atoms with van der Waals surface area (Å²) in [5, 5.41) is 0.0685. The van der Waals surface area contributed by atoms with Gasteiger partial charge >= 0.3 is 0 Å². The molecular formula is C32H47ClFNO2. The fourth-order valence-electron chi connectivity index (χ4n) is 3.54. The first-order valence-corrected chi connectivity index (χ1v) is 13.9. The summed E-state index contributed by atoms with van der Waals surface area (Å²) in [5.74, 6) is -0.431. The number of benzene rings is 1. The molecule has 1 aromatic carbocycles. The average Bonchev–Trinajstić information content (AvgIpc) is 3.22. The van der Waals surface area contributed by atoms with Crippen LogP contribution in [0.3, 0.4) is 0 Å². The molecule has 0 fully saturated rings. The number of pyridine rings is 1. The summed E-state index contributed by atoms with van der Waals surface area (Å²) in [7, 11) is 0. The molecule has 0 saturated heterocycles. The van der Waals surface area contributed by atoms with Crippen LogP contribution in [0, 0.1) is 17.2 Å². The van der Waals surface area contributed by atoms with E-state index in [1.165, 1.54) is 37.8 Å². The van der Waals surface area contributed by atoms with E-state index < -0.39 is 5.82 Å². The SMILES string of the molecule is CC(C)C(=O)c1cc2nc(-c3ccc(Cl)c(F)c3)cc(C(C)(C)C)c2o1.CCCC.CCCC(C)(C)C. The van der Waals surface area contributed by atoms with Gasteiger partial charge in [-0.2, -0.15) is 0 Å². The molecule has 0 radical (unpaired) electrons. The molecule has 0 aliphatic rings. The summed E-state index contributed by atoms with van der Waals surface area (Å²) in [5.41, 5.74) is 3.65. The molecule has 206 valence electrons. The predicted octanol–water partition coefficient (Wildman–Crippen LogP) is 11.1. The summed E-state index contributed by atoms with van der Waals surface area (Å²) in [6.45, 7) is 23.2. The van der Waals surface area contributed by atoms with Crippen LogP contribution in [0.15, 0.2) is 34.7 Å². The number of Topliss-reactive ketones (excluding diaryl/α,β-unsaturated/α-hetero) is 1. The maximum atomic E-state index is 13.9. The number of furan rings is 1. The van der Waals surface area contributed by atoms with E-state index in [1.54, 1.807) is 12.1 Å². The van der Waals surface area contributed by atoms with Crippen molar-refractivity contribution in [2.24, 2.45) is 11.3 Å². The van der Waals surface area contributed by atoms with Crippen molar-refractivity contribution in [1.82, 2.24) is 4.98 Å². The van der Waals surface area contributed by atoms with E-state index in [9.17, 15) is 9.18 Å². The fraction of sp³-hybridized carbons (Fsp3) is 0.562. The number of hydrogen-bond donors (Lipinski definition) is 0. The molecule has 37 heavy (non-hydrogen) atoms. The Morgan fingerprint density at radius 2 is 1.57 bits per heavy atom. The Balaban J connectivity index is 0.000000525. The minimum absolute atomic E-state index is 0.0676. The molecule has 0 aliphatic carbocycles. The minimum atomic E-state index is -0.494. The standard InChI is InChI=1S/C21H21ClFNO2.C7H16.C4H10/c1-11(2)19(25)18-10-17-20(26-18)13(21(3,4)5)9-16(24-17)12-6-7-14(22)15(23)8-12;1-5-6-7(2,3)4;1-3-4-2/h6-11H,1-5H3;5-6H2,1-4H3;3-4H2,1-2H3. The molecule has 0 saturated carbocycles. The molecule has 0 amide bonds. The number of nitrogens with zero attached hydrogens (tertiary/aromatic N) is 1. The van der Waals surface area contributed by atoms with Gasteiger partial charge in [0.1, 0.15) is 11.3 Å². The van der Waals surface area contributed by atoms with Crippen molar-refractivity contribution in [3.05, 3.63) is 52.5 Å². The maximum absolute atomic E-state index is 13.9. The van der Waals surface area contributed by atoms with Gasteiger partial charge in [0, 0.05) is 23.1 Å². The van der Waals surface area contributed by atoms with Gasteiger partial charge in [0.25, 0.3) is 0 Å². The van der Waals surface area contributed by atoms with Crippen LogP contribution < -0.4 is 0 Å². The minimum Gasteiger partial charge on any atom is -0.451 e. The zero-order chi connectivity index (χ0) is 28.6. The number of unbranched alkanes of at least 4 members (excludes halogenated alkanes) is 1. The van der Waals surface area contributed by atoms with Crippen LogP contribution in [0.2, 0.25) is 5.02 Å². The van der Waals surface area contributed by atoms with Crippen molar-refractivity contribution in [1.29, 1.82) is 0 Å². The molecular weight excluding hydrogens is 485 g/mol. The van der Waals surface area contributed by atoms with E-state index in [-0.39, 0.29) is 22.1 Å². The molecule has 0 unspecified atom stereocenters. The Hall–Kier alpha value is -2.20. The van der Waals surface area contributed by atoms with Gasteiger partial charge in [-0.3, -0.25) is 4.79 Å². The number of aromatic nitrogens is 1. The highest BCUT2D eigenvalue weighted by atomic mass is 35.5. The van der Waals surface area contributed by atoms with Crippen LogP contribution in [0.25, 0.3) is 22.4 Å². The second-order valence-electron chi connectivity index (χ2n) is 12.1. The largest absolute Gasteiger partial charge is 0.451 e. The molecule has 0 atom stereocenters. The number of fused-ring (bicyclic) bond motifs is 1. The lowest BCUT2D eigenvalue weighted by Crippen LogP contribution is -2.12. The summed E-state index contributed by atoms with van der Waals surface area (Å²) >= 11 is 5.79. The Kier molecular flexibility index (Phi) is 12.5. The van der Waals surface area contributed by atoms with E-state index >= 15 is 0 Å². The number of ketones is 1. The monoisotopic (exact) mass is 531 g/mol. The quantitative estimate of drug-likeness (QED) is 0.307. The summed E-state index contributed by atoms with van der Waals surface area (Å²) in [6, 6.07) is 8.16. The molecule has 0 aliphatic heterocycles. The number of halogens is 2. The van der Waals surface area contributed by atoms with Crippen molar-refractivity contribution < 1.29 is 13.6 Å². The molecule has 3 rings (SSSR count). The van der Waals surface area contributed by atoms with Crippen LogP contribution >= 0.6 is 11.6 Å². The third-order valence-electron chi connectivity index (χ3n) is 5.77. The van der Waals surface area contributed by atoms with Crippen LogP contribution in [-0.2, 0) is 5.41 Å². The number of carbonyl (C=O) groups excluding carboxylic acids is 1. The average molecular weight is 532 g/mol. The van der Waals surface area contributed by atoms with Crippen molar-refractivity contribution in [3.63, 3.8) is 0 Å². The molecule has 0 N–H and O–H groups in total. The third-order valence-corrected chi connectivity index (χ3v) is 6.08. The zero-order valence-electron chi connectivity index (χ0n) is 24.8. The Bertz CT molecular complexity index is 1150. The number of rotatable bonds is 5. The van der Waals surface area contributed by atoms with Gasteiger partial charge < -0.3 is 4.42 Å². The van der Waals surface area contributed by atoms with Gasteiger partial charge in [-0.25, -0.2) is 9.37 Å². The van der Waals surface area contributed by atoms with Crippen LogP contribution in [-0.4, -0.2) is 10.8 Å². The van der Waals surface area contributed by atoms with Crippen LogP contribution in [0.4, 0.5) is 4.39 Å². The Labute approximate surface area is 229 Å². The van der Waals surface area contributed by atoms with E-state index in [1.807, 2.05) is 19.9 Å². The maximum Gasteiger partial charge on any atom is 0.200 e. The predicted molar refractivity (Wildman–Crippen MR) is 157 cm³/mol. The molecule has 2 heterocycles. The van der Waals surface area contributed by atoms with Crippen molar-refractivity contribution in [3.8, 4) is 11.3 Å². The van der Waals surface area contributed by atoms with Gasteiger partial charge in [0.2, 0.25) is 5.78 Å². The first-order valence-electron chi connectivity index (χ1n) is 13.5. The molecule has 2 aromatic heterocycles. The Morgan fingerprint density at radius 3 is 1.97 bits per heavy atom. The first-order chi connectivity index (χ1) is 17.0. The van der Waals surface area contributed by atoms with E-state index in [0.717, 1.165) is 5.56 Å². The highest BCUT2D eigenvalue weighted by Crippen LogP contribution is 2.35. The van der Waals surface area contributed by atoms with Gasteiger partial charge in [0.05, 0.1) is 10.7 Å². The Morgan fingerprint density at radius 1 is 0.973 bits per heavy atom. The highest BCUT2D eigenvalue weighted by Gasteiger charge is 2.25. The fourth-order valence-corrected chi connectivity index (χ4v) is 3.66. The highest BCUT2D eigenvalue weighted by molar-refractivity contribution is 6.30. The summed E-state index contributed by atoms with van der Waals surface area (Å²) < 4.78 is 19.8. The van der Waals surface area contributed by atoms with Gasteiger partial charge in [-0.15, -0.1) is 0 Å². The van der Waals surface area contributed by atoms with Crippen molar-refractivity contribution in [2.45, 2.75) is 107 Å². The number of carbonyl (C=O) groups is 1. The molecule has 3 nitrogen and oxygen atoms in total. The summed E-state index contributed by atoms with van der Waals surface area (Å²) in [6.07, 6.45) is 5.29. The lowest BCUT2D eigenvalue weighted by Gasteiger charge is -2.20. The molecule has 3 aromatic rings. The van der Waals surface area contributed by atoms with Gasteiger partial charge in [-0.1, -0.05) is 113 Å². The third kappa shape index (κ3) is 10.2. The van der Waals surface area contributed by atoms with Crippen LogP contribution in [0.5, 0.6) is 0 Å². The van der Waals surface area contributed by atoms with E-state index in [4.69, 9.17) is 16.0 Å². The lowest BCUT2D eigenvalue weighted by atomic mass is 9.86. The topological polar surface area (TPSA) is 43.1 Å². The lowest BCUT2D eigenvalue weighted by molar-refractivity contribution is 0.0913. The molecule has 0 bridgehead atoms. The zero-order valence-corrected chi connectivity index (χ0v) is 25.6. The van der Waals surface area contributed by atoms with E-state index in [2.05, 4.69) is 67.3 Å². The van der Waals surface area contributed by atoms with Gasteiger partial charge in [0.15, 0.2) is 11.3 Å². The van der Waals surface area contributed by atoms with Crippen LogP contribution in [0.1, 0.15) is 118 Å². The van der Waals surface area contributed by atoms with Crippen molar-refractivity contribution >= 4 is 28.5 Å². The second-order valence-corrected chi connectivity index (χ2v) is 12.5. The van der Waals surface area contributed by atoms with E-state index in [0.29, 0.717) is 33.5 Å². The first kappa shape index (κ1) is 32.8. The van der Waals surface area contributed by atoms with Crippen molar-refractivity contribution in [2.75, 3.05) is 0 Å². The number of hydrogen-bond acceptors (Lipinski definition) is 3. The second kappa shape index (κ2) is 14.1. The molecule has 0 spiro atoms. The smallest absolute Gasteiger partial charge is 0.200 e.